The highest BCUT2D eigenvalue weighted by molar-refractivity contribution is 6.37. The number of benzene rings is 2. The van der Waals surface area contributed by atoms with Crippen LogP contribution in [-0.4, -0.2) is 24.4 Å². The Kier molecular flexibility index (Phi) is 5.45. The van der Waals surface area contributed by atoms with E-state index in [9.17, 15) is 9.90 Å². The van der Waals surface area contributed by atoms with Crippen LogP contribution >= 0.6 is 23.2 Å². The van der Waals surface area contributed by atoms with Gasteiger partial charge in [-0.05, 0) is 30.7 Å². The van der Waals surface area contributed by atoms with Crippen LogP contribution < -0.4 is 14.8 Å². The third kappa shape index (κ3) is 3.94. The van der Waals surface area contributed by atoms with E-state index in [2.05, 4.69) is 5.32 Å². The van der Waals surface area contributed by atoms with Crippen LogP contribution in [0.15, 0.2) is 30.3 Å². The maximum Gasteiger partial charge on any atom is 0.405 e. The van der Waals surface area contributed by atoms with E-state index in [4.69, 9.17) is 32.7 Å². The highest BCUT2D eigenvalue weighted by Crippen LogP contribution is 2.45. The molecule has 144 valence electrons. The molecule has 0 saturated heterocycles. The molecule has 0 radical (unpaired) electrons. The van der Waals surface area contributed by atoms with Crippen molar-refractivity contribution < 1.29 is 19.4 Å². The number of hydrogen-bond acceptors (Lipinski definition) is 3. The number of hydrogen-bond donors (Lipinski definition) is 2. The largest absolute Gasteiger partial charge is 0.493 e. The summed E-state index contributed by atoms with van der Waals surface area (Å²) in [5.74, 6) is 1.19. The molecule has 1 unspecified atom stereocenters. The number of amides is 1. The minimum absolute atomic E-state index is 0.368. The number of fused-ring (bicyclic) bond motifs is 1. The Hall–Kier alpha value is -2.11. The molecular formula is C20H21Cl2NO4. The van der Waals surface area contributed by atoms with E-state index in [1.165, 1.54) is 0 Å². The summed E-state index contributed by atoms with van der Waals surface area (Å²) in [6, 6.07) is 8.72. The van der Waals surface area contributed by atoms with E-state index in [0.717, 1.165) is 16.7 Å². The third-order valence-corrected chi connectivity index (χ3v) is 5.21. The monoisotopic (exact) mass is 409 g/mol. The zero-order valence-corrected chi connectivity index (χ0v) is 16.8. The lowest BCUT2D eigenvalue weighted by Gasteiger charge is -2.39. The summed E-state index contributed by atoms with van der Waals surface area (Å²) in [5.41, 5.74) is 2.04. The Labute approximate surface area is 168 Å². The first kappa shape index (κ1) is 19.6. The van der Waals surface area contributed by atoms with Gasteiger partial charge in [-0.15, -0.1) is 0 Å². The number of halogens is 2. The number of rotatable bonds is 4. The van der Waals surface area contributed by atoms with Crippen LogP contribution in [0.4, 0.5) is 4.79 Å². The molecule has 0 saturated carbocycles. The average molecular weight is 410 g/mol. The van der Waals surface area contributed by atoms with Gasteiger partial charge >= 0.3 is 6.09 Å². The first-order valence-corrected chi connectivity index (χ1v) is 9.37. The summed E-state index contributed by atoms with van der Waals surface area (Å²) in [6.07, 6.45) is -1.06. The third-order valence-electron chi connectivity index (χ3n) is 4.61. The number of carbonyl (C=O) groups is 1. The molecule has 7 heteroatoms. The van der Waals surface area contributed by atoms with Gasteiger partial charge < -0.3 is 19.9 Å². The van der Waals surface area contributed by atoms with Crippen molar-refractivity contribution in [3.8, 4) is 22.6 Å². The van der Waals surface area contributed by atoms with E-state index >= 15 is 0 Å². The summed E-state index contributed by atoms with van der Waals surface area (Å²) in [5, 5.41) is 12.8. The fraction of sp³-hybridized carbons (Fsp3) is 0.350. The smallest absolute Gasteiger partial charge is 0.405 e. The van der Waals surface area contributed by atoms with E-state index < -0.39 is 6.09 Å². The lowest BCUT2D eigenvalue weighted by atomic mass is 9.78. The van der Waals surface area contributed by atoms with Crippen molar-refractivity contribution in [3.63, 3.8) is 0 Å². The molecule has 1 heterocycles. The molecule has 1 amide bonds. The van der Waals surface area contributed by atoms with Gasteiger partial charge in [0.15, 0.2) is 0 Å². The van der Waals surface area contributed by atoms with Crippen LogP contribution in [0, 0.1) is 5.41 Å². The van der Waals surface area contributed by atoms with Crippen molar-refractivity contribution in [2.45, 2.75) is 26.8 Å². The van der Waals surface area contributed by atoms with Crippen LogP contribution in [0.1, 0.15) is 32.4 Å². The molecule has 27 heavy (non-hydrogen) atoms. The molecule has 3 rings (SSSR count). The molecule has 1 atom stereocenters. The standard InChI is InChI=1S/C20H21Cl2NO4/c1-4-26-17-8-13(14(21)9-15(17)22)11-5-6-12-16(7-11)27-10-20(2,3)18(12)23-19(24)25/h5-9,18,23H,4,10H2,1-3H3,(H,24,25). The average Bonchev–Trinajstić information content (AvgIpc) is 2.59. The van der Waals surface area contributed by atoms with Gasteiger partial charge in [0.05, 0.1) is 29.3 Å². The van der Waals surface area contributed by atoms with Crippen LogP contribution in [-0.2, 0) is 0 Å². The first-order valence-electron chi connectivity index (χ1n) is 8.61. The van der Waals surface area contributed by atoms with E-state index in [0.29, 0.717) is 34.8 Å². The molecule has 0 aliphatic carbocycles. The van der Waals surface area contributed by atoms with Gasteiger partial charge in [0.25, 0.3) is 0 Å². The molecule has 0 aromatic heterocycles. The van der Waals surface area contributed by atoms with Gasteiger partial charge in [-0.25, -0.2) is 4.79 Å². The Morgan fingerprint density at radius 1 is 1.30 bits per heavy atom. The number of nitrogens with one attached hydrogen (secondary N) is 1. The summed E-state index contributed by atoms with van der Waals surface area (Å²) < 4.78 is 11.5. The molecule has 5 nitrogen and oxygen atoms in total. The maximum absolute atomic E-state index is 11.2. The van der Waals surface area contributed by atoms with Gasteiger partial charge in [0.2, 0.25) is 0 Å². The summed E-state index contributed by atoms with van der Waals surface area (Å²) in [7, 11) is 0. The van der Waals surface area contributed by atoms with Crippen molar-refractivity contribution >= 4 is 29.3 Å². The predicted molar refractivity (Wildman–Crippen MR) is 106 cm³/mol. The van der Waals surface area contributed by atoms with Gasteiger partial charge in [-0.1, -0.05) is 49.2 Å². The summed E-state index contributed by atoms with van der Waals surface area (Å²) in [4.78, 5) is 11.2. The van der Waals surface area contributed by atoms with Crippen molar-refractivity contribution in [2.75, 3.05) is 13.2 Å². The second-order valence-corrected chi connectivity index (χ2v) is 7.92. The quantitative estimate of drug-likeness (QED) is 0.670. The molecule has 2 N–H and O–H groups in total. The van der Waals surface area contributed by atoms with E-state index in [-0.39, 0.29) is 11.5 Å². The molecule has 1 aliphatic heterocycles. The minimum Gasteiger partial charge on any atom is -0.493 e. The van der Waals surface area contributed by atoms with Crippen molar-refractivity contribution in [1.82, 2.24) is 5.32 Å². The predicted octanol–water partition coefficient (Wildman–Crippen LogP) is 5.79. The van der Waals surface area contributed by atoms with Crippen molar-refractivity contribution in [2.24, 2.45) is 5.41 Å². The minimum atomic E-state index is -1.06. The SMILES string of the molecule is CCOc1cc(-c2ccc3c(c2)OCC(C)(C)C3NC(=O)O)c(Cl)cc1Cl. The normalized spacial score (nSPS) is 17.6. The molecule has 2 aromatic rings. The van der Waals surface area contributed by atoms with Crippen molar-refractivity contribution in [3.05, 3.63) is 45.9 Å². The first-order chi connectivity index (χ1) is 12.7. The van der Waals surface area contributed by atoms with Crippen LogP contribution in [0.2, 0.25) is 10.0 Å². The number of carboxylic acid groups (broad SMARTS) is 1. The van der Waals surface area contributed by atoms with Gasteiger partial charge in [-0.2, -0.15) is 0 Å². The van der Waals surface area contributed by atoms with Crippen molar-refractivity contribution in [1.29, 1.82) is 0 Å². The van der Waals surface area contributed by atoms with Crippen LogP contribution in [0.25, 0.3) is 11.1 Å². The summed E-state index contributed by atoms with van der Waals surface area (Å²) in [6.45, 7) is 6.71. The fourth-order valence-electron chi connectivity index (χ4n) is 3.25. The van der Waals surface area contributed by atoms with Gasteiger partial charge in [-0.3, -0.25) is 0 Å². The molecule has 0 bridgehead atoms. The Morgan fingerprint density at radius 2 is 2.04 bits per heavy atom. The van der Waals surface area contributed by atoms with Crippen LogP contribution in [0.5, 0.6) is 11.5 Å². The van der Waals surface area contributed by atoms with Crippen LogP contribution in [0.3, 0.4) is 0 Å². The lowest BCUT2D eigenvalue weighted by Crippen LogP contribution is -2.43. The molecule has 2 aromatic carbocycles. The van der Waals surface area contributed by atoms with Gasteiger partial charge in [0, 0.05) is 16.5 Å². The van der Waals surface area contributed by atoms with E-state index in [1.54, 1.807) is 12.1 Å². The molecular weight excluding hydrogens is 389 g/mol. The highest BCUT2D eigenvalue weighted by Gasteiger charge is 2.38. The molecule has 1 aliphatic rings. The second kappa shape index (κ2) is 7.49. The Bertz CT molecular complexity index is 883. The number of ether oxygens (including phenoxy) is 2. The Balaban J connectivity index is 2.05. The lowest BCUT2D eigenvalue weighted by molar-refractivity contribution is 0.0996. The van der Waals surface area contributed by atoms with E-state index in [1.807, 2.05) is 39.0 Å². The fourth-order valence-corrected chi connectivity index (χ4v) is 3.79. The molecule has 0 fully saturated rings. The zero-order valence-electron chi connectivity index (χ0n) is 15.3. The highest BCUT2D eigenvalue weighted by atomic mass is 35.5. The Morgan fingerprint density at radius 3 is 2.70 bits per heavy atom. The molecule has 0 spiro atoms. The second-order valence-electron chi connectivity index (χ2n) is 7.11. The summed E-state index contributed by atoms with van der Waals surface area (Å²) >= 11 is 12.6. The zero-order chi connectivity index (χ0) is 19.8. The maximum atomic E-state index is 11.2. The topological polar surface area (TPSA) is 67.8 Å². The van der Waals surface area contributed by atoms with Gasteiger partial charge in [0.1, 0.15) is 11.5 Å².